The summed E-state index contributed by atoms with van der Waals surface area (Å²) < 4.78 is 70.4. The normalized spacial score (nSPS) is 13.6. The molecule has 0 unspecified atom stereocenters. The average molecular weight is 741 g/mol. The Morgan fingerprint density at radius 2 is 1.54 bits per heavy atom. The third kappa shape index (κ3) is 9.23. The number of amides is 2. The molecule has 0 aliphatic heterocycles. The first kappa shape index (κ1) is 38.6. The van der Waals surface area contributed by atoms with E-state index in [1.807, 2.05) is 18.7 Å². The number of hydrogen-bond acceptors (Lipinski definition) is 10. The molecule has 0 atom stereocenters. The fourth-order valence-electron chi connectivity index (χ4n) is 5.49. The average Bonchev–Trinajstić information content (AvgIpc) is 3.93. The van der Waals surface area contributed by atoms with Crippen molar-refractivity contribution < 1.29 is 46.2 Å². The van der Waals surface area contributed by atoms with Crippen LogP contribution in [0, 0.1) is 17.0 Å². The molecule has 0 radical (unpaired) electrons. The predicted octanol–water partition coefficient (Wildman–Crippen LogP) is 7.98. The third-order valence-corrected chi connectivity index (χ3v) is 10.5. The van der Waals surface area contributed by atoms with Crippen LogP contribution in [0.4, 0.5) is 20.2 Å². The second-order valence-corrected chi connectivity index (χ2v) is 14.4. The number of benzene rings is 3. The summed E-state index contributed by atoms with van der Waals surface area (Å²) in [5.74, 6) is -1.27. The van der Waals surface area contributed by atoms with Gasteiger partial charge in [0.25, 0.3) is 0 Å². The first-order valence-corrected chi connectivity index (χ1v) is 18.7. The Labute approximate surface area is 301 Å². The molecule has 1 saturated carbocycles. The van der Waals surface area contributed by atoms with Crippen molar-refractivity contribution in [1.82, 2.24) is 9.88 Å². The van der Waals surface area contributed by atoms with E-state index in [9.17, 15) is 18.5 Å². The Bertz CT molecular complexity index is 1930. The topological polar surface area (TPSA) is 138 Å². The number of rotatable bonds is 18. The van der Waals surface area contributed by atoms with Gasteiger partial charge in [-0.2, -0.15) is 0 Å². The Morgan fingerprint density at radius 1 is 0.885 bits per heavy atom. The van der Waals surface area contributed by atoms with Gasteiger partial charge in [-0.15, -0.1) is 0 Å². The van der Waals surface area contributed by atoms with E-state index in [2.05, 4.69) is 15.6 Å². The van der Waals surface area contributed by atoms with Gasteiger partial charge in [-0.1, -0.05) is 0 Å². The number of nitrogens with one attached hydrogen (secondary N) is 2. The molecule has 2 amide bonds. The summed E-state index contributed by atoms with van der Waals surface area (Å²) >= 11 is 0. The molecule has 1 heterocycles. The first-order chi connectivity index (χ1) is 24.9. The van der Waals surface area contributed by atoms with Crippen LogP contribution in [0.15, 0.2) is 66.9 Å². The summed E-state index contributed by atoms with van der Waals surface area (Å²) in [6.07, 6.45) is 2.28. The molecule has 0 saturated heterocycles. The minimum atomic E-state index is -3.30. The lowest BCUT2D eigenvalue weighted by molar-refractivity contribution is -0.131. The van der Waals surface area contributed by atoms with Gasteiger partial charge in [0.2, 0.25) is 11.8 Å². The van der Waals surface area contributed by atoms with Crippen molar-refractivity contribution in [3.8, 4) is 23.0 Å². The Morgan fingerprint density at radius 3 is 2.13 bits per heavy atom. The fourth-order valence-corrected chi connectivity index (χ4v) is 7.42. The second-order valence-electron chi connectivity index (χ2n) is 12.4. The summed E-state index contributed by atoms with van der Waals surface area (Å²) in [4.78, 5) is 32.4. The van der Waals surface area contributed by atoms with Crippen LogP contribution in [0.3, 0.4) is 0 Å². The maximum absolute atomic E-state index is 15.4. The molecule has 5 rings (SSSR count). The van der Waals surface area contributed by atoms with E-state index in [4.69, 9.17) is 23.3 Å². The van der Waals surface area contributed by atoms with E-state index in [0.29, 0.717) is 53.2 Å². The molecule has 3 aromatic carbocycles. The number of nitrogens with zero attached hydrogens (tertiary/aromatic N) is 2. The van der Waals surface area contributed by atoms with E-state index in [1.165, 1.54) is 49.7 Å². The van der Waals surface area contributed by atoms with Crippen molar-refractivity contribution in [2.45, 2.75) is 46.6 Å². The largest absolute Gasteiger partial charge is 0.493 e. The fraction of sp³-hybridized carbons (Fsp3) is 0.378. The number of hydrogen-bond donors (Lipinski definition) is 2. The summed E-state index contributed by atoms with van der Waals surface area (Å²) in [5.41, 5.74) is -0.290. The van der Waals surface area contributed by atoms with Gasteiger partial charge in [0.05, 0.1) is 25.8 Å². The van der Waals surface area contributed by atoms with E-state index in [0.717, 1.165) is 6.07 Å². The smallest absolute Gasteiger partial charge is 0.344 e. The molecule has 4 aromatic rings. The minimum absolute atomic E-state index is 0.0406. The van der Waals surface area contributed by atoms with Gasteiger partial charge < -0.3 is 33.9 Å². The van der Waals surface area contributed by atoms with Gasteiger partial charge in [-0.3, -0.25) is 24.0 Å². The predicted molar refractivity (Wildman–Crippen MR) is 193 cm³/mol. The van der Waals surface area contributed by atoms with Crippen LogP contribution in [-0.2, 0) is 23.2 Å². The van der Waals surface area contributed by atoms with Gasteiger partial charge >= 0.3 is 7.60 Å². The zero-order valence-corrected chi connectivity index (χ0v) is 30.6. The van der Waals surface area contributed by atoms with Crippen LogP contribution < -0.4 is 24.8 Å². The van der Waals surface area contributed by atoms with Gasteiger partial charge in [-0.25, -0.2) is 8.78 Å². The lowest BCUT2D eigenvalue weighted by Crippen LogP contribution is -2.36. The summed E-state index contributed by atoms with van der Waals surface area (Å²) in [5, 5.41) is 5.81. The zero-order chi connectivity index (χ0) is 37.5. The van der Waals surface area contributed by atoms with E-state index >= 15 is 4.39 Å². The van der Waals surface area contributed by atoms with Crippen molar-refractivity contribution in [2.75, 3.05) is 50.4 Å². The van der Waals surface area contributed by atoms with Gasteiger partial charge in [-0.05, 0) is 89.1 Å². The number of carbonyl (C=O) groups excluding carboxylic acids is 2. The monoisotopic (exact) mass is 740 g/mol. The lowest BCUT2D eigenvalue weighted by Gasteiger charge is -2.29. The van der Waals surface area contributed by atoms with Crippen LogP contribution in [-0.4, -0.2) is 67.5 Å². The molecule has 12 nitrogen and oxygen atoms in total. The Hall–Kier alpha value is -4.62. The zero-order valence-electron chi connectivity index (χ0n) is 29.7. The van der Waals surface area contributed by atoms with E-state index in [-0.39, 0.29) is 43.6 Å². The number of halogens is 2. The highest BCUT2D eigenvalue weighted by Gasteiger charge is 2.56. The van der Waals surface area contributed by atoms with Crippen molar-refractivity contribution in [3.63, 3.8) is 0 Å². The molecule has 0 spiro atoms. The maximum Gasteiger partial charge on any atom is 0.344 e. The van der Waals surface area contributed by atoms with Gasteiger partial charge in [0.1, 0.15) is 29.9 Å². The number of anilines is 2. The number of ether oxygens (including phenoxy) is 3. The Balaban J connectivity index is 1.25. The molecular formula is C37H43F2N4O8P. The highest BCUT2D eigenvalue weighted by molar-refractivity contribution is 7.53. The molecule has 2 N–H and O–H groups in total. The molecule has 1 fully saturated rings. The standard InChI is InChI=1S/C37H43F2N4O8P/c1-6-49-52(46,50-7-2)23-43(24(3)4)18-19-48-34-22-30-28(21-33(34)47-5)31(14-17-40-30)51-32-13-12-27(20-29(32)39)42-36(45)37(15-16-37)35(44)41-26-10-8-25(38)9-11-26/h8-14,17,20-22,24H,6-7,15-16,18-19,23H2,1-5H3,(H,41,44)(H,42,45). The molecule has 278 valence electrons. The molecule has 52 heavy (non-hydrogen) atoms. The second kappa shape index (κ2) is 16.8. The van der Waals surface area contributed by atoms with Gasteiger partial charge in [0, 0.05) is 47.7 Å². The van der Waals surface area contributed by atoms with Crippen LogP contribution in [0.5, 0.6) is 23.0 Å². The van der Waals surface area contributed by atoms with Crippen LogP contribution in [0.1, 0.15) is 40.5 Å². The van der Waals surface area contributed by atoms with Crippen molar-refractivity contribution in [3.05, 3.63) is 78.5 Å². The van der Waals surface area contributed by atoms with Gasteiger partial charge in [0.15, 0.2) is 23.1 Å². The molecule has 1 aliphatic carbocycles. The summed E-state index contributed by atoms with van der Waals surface area (Å²) in [6.45, 7) is 8.72. The van der Waals surface area contributed by atoms with Crippen LogP contribution in [0.25, 0.3) is 10.9 Å². The van der Waals surface area contributed by atoms with E-state index in [1.54, 1.807) is 32.0 Å². The maximum atomic E-state index is 15.4. The molecule has 0 bridgehead atoms. The summed E-state index contributed by atoms with van der Waals surface area (Å²) in [6, 6.07) is 14.2. The van der Waals surface area contributed by atoms with Crippen LogP contribution in [0.2, 0.25) is 0 Å². The number of methoxy groups -OCH3 is 1. The number of aromatic nitrogens is 1. The number of pyridine rings is 1. The van der Waals surface area contributed by atoms with Crippen molar-refractivity contribution in [1.29, 1.82) is 0 Å². The summed E-state index contributed by atoms with van der Waals surface area (Å²) in [7, 11) is -1.81. The molecular weight excluding hydrogens is 697 g/mol. The quantitative estimate of drug-likeness (QED) is 0.0763. The Kier molecular flexibility index (Phi) is 12.5. The van der Waals surface area contributed by atoms with Crippen LogP contribution >= 0.6 is 7.60 Å². The number of carbonyl (C=O) groups is 2. The molecule has 1 aliphatic rings. The molecule has 15 heteroatoms. The lowest BCUT2D eigenvalue weighted by atomic mass is 10.0. The third-order valence-electron chi connectivity index (χ3n) is 8.49. The number of fused-ring (bicyclic) bond motifs is 1. The SMILES string of the molecule is CCOP(=O)(CN(CCOc1cc2nccc(Oc3ccc(NC(=O)C4(C(=O)Nc5ccc(F)cc5)CC4)cc3F)c2cc1OC)C(C)C)OCC. The highest BCUT2D eigenvalue weighted by Crippen LogP contribution is 2.49. The van der Waals surface area contributed by atoms with Crippen molar-refractivity contribution in [2.24, 2.45) is 5.41 Å². The van der Waals surface area contributed by atoms with Crippen molar-refractivity contribution >= 4 is 41.7 Å². The first-order valence-electron chi connectivity index (χ1n) is 17.0. The highest BCUT2D eigenvalue weighted by atomic mass is 31.2. The van der Waals surface area contributed by atoms with E-state index < -0.39 is 36.5 Å². The molecule has 1 aromatic heterocycles. The minimum Gasteiger partial charge on any atom is -0.493 e.